The van der Waals surface area contributed by atoms with Crippen molar-refractivity contribution >= 4 is 39.5 Å². The number of unbranched alkanes of at least 4 members (excludes halogenated alkanes) is 33. The average Bonchev–Trinajstić information content (AvgIpc) is 2.48. The molecule has 0 aliphatic heterocycles. The highest BCUT2D eigenvalue weighted by molar-refractivity contribution is 7.47. The third kappa shape index (κ3) is 62.8. The second-order valence-corrected chi connectivity index (χ2v) is 30.4. The van der Waals surface area contributed by atoms with E-state index in [1.807, 2.05) is 0 Å². The zero-order valence-corrected chi connectivity index (χ0v) is 62.0. The first kappa shape index (κ1) is 90.1. The first-order valence-electron chi connectivity index (χ1n) is 37.8. The van der Waals surface area contributed by atoms with Crippen LogP contribution in [0.25, 0.3) is 0 Å². The molecule has 0 aromatic rings. The maximum absolute atomic E-state index is 13.0. The molecular weight excluding hydrogens is 1210 g/mol. The fourth-order valence-corrected chi connectivity index (χ4v) is 12.5. The molecule has 19 heteroatoms. The van der Waals surface area contributed by atoms with Crippen molar-refractivity contribution in [2.45, 2.75) is 382 Å². The summed E-state index contributed by atoms with van der Waals surface area (Å²) in [4.78, 5) is 72.6. The molecule has 6 unspecified atom stereocenters. The lowest BCUT2D eigenvalue weighted by atomic mass is 9.99. The Bertz CT molecular complexity index is 1820. The Morgan fingerprint density at radius 1 is 0.304 bits per heavy atom. The summed E-state index contributed by atoms with van der Waals surface area (Å²) in [5.74, 6) is 0.958. The molecule has 546 valence electrons. The highest BCUT2D eigenvalue weighted by atomic mass is 31.2. The van der Waals surface area contributed by atoms with Gasteiger partial charge in [-0.2, -0.15) is 0 Å². The van der Waals surface area contributed by atoms with Crippen LogP contribution in [-0.4, -0.2) is 96.7 Å². The molecule has 3 N–H and O–H groups in total. The Kier molecular flexibility index (Phi) is 61.3. The van der Waals surface area contributed by atoms with Gasteiger partial charge >= 0.3 is 39.5 Å². The highest BCUT2D eigenvalue weighted by Gasteiger charge is 2.30. The molecule has 0 spiro atoms. The first-order valence-corrected chi connectivity index (χ1v) is 40.8. The third-order valence-corrected chi connectivity index (χ3v) is 19.8. The summed E-state index contributed by atoms with van der Waals surface area (Å²) in [6, 6.07) is 0. The summed E-state index contributed by atoms with van der Waals surface area (Å²) in [7, 11) is -9.91. The van der Waals surface area contributed by atoms with Crippen LogP contribution in [0.15, 0.2) is 0 Å². The molecule has 0 aromatic carbocycles. The topological polar surface area (TPSA) is 237 Å². The van der Waals surface area contributed by atoms with Crippen molar-refractivity contribution in [1.82, 2.24) is 0 Å². The van der Waals surface area contributed by atoms with Crippen LogP contribution in [0.5, 0.6) is 0 Å². The van der Waals surface area contributed by atoms with E-state index < -0.39 is 97.5 Å². The molecule has 0 amide bonds. The van der Waals surface area contributed by atoms with E-state index in [4.69, 9.17) is 37.0 Å². The van der Waals surface area contributed by atoms with Crippen molar-refractivity contribution in [3.05, 3.63) is 0 Å². The summed E-state index contributed by atoms with van der Waals surface area (Å²) in [6.45, 7) is 14.2. The normalized spacial score (nSPS) is 15.1. The minimum atomic E-state index is -4.95. The number of hydrogen-bond donors (Lipinski definition) is 3. The quantitative estimate of drug-likeness (QED) is 0.0222. The largest absolute Gasteiger partial charge is 0.472 e. The van der Waals surface area contributed by atoms with E-state index in [1.165, 1.54) is 154 Å². The molecule has 0 heterocycles. The van der Waals surface area contributed by atoms with Gasteiger partial charge in [-0.3, -0.25) is 37.3 Å². The van der Waals surface area contributed by atoms with Gasteiger partial charge in [0.05, 0.1) is 26.4 Å². The Morgan fingerprint density at radius 3 is 0.772 bits per heavy atom. The number of carbonyl (C=O) groups excluding carboxylic acids is 4. The first-order chi connectivity index (χ1) is 44.2. The van der Waals surface area contributed by atoms with Gasteiger partial charge in [0.25, 0.3) is 0 Å². The van der Waals surface area contributed by atoms with Crippen LogP contribution < -0.4 is 0 Å². The van der Waals surface area contributed by atoms with Crippen LogP contribution >= 0.6 is 15.6 Å². The molecule has 0 fully saturated rings. The molecule has 0 aliphatic rings. The van der Waals surface area contributed by atoms with Crippen LogP contribution in [0.3, 0.4) is 0 Å². The summed E-state index contributed by atoms with van der Waals surface area (Å²) in [5.41, 5.74) is 0. The molecule has 0 rings (SSSR count). The fraction of sp³-hybridized carbons (Fsp3) is 0.945. The van der Waals surface area contributed by atoms with E-state index >= 15 is 0 Å². The predicted molar refractivity (Wildman–Crippen MR) is 372 cm³/mol. The number of hydrogen-bond acceptors (Lipinski definition) is 15. The second kappa shape index (κ2) is 62.6. The van der Waals surface area contributed by atoms with Gasteiger partial charge in [-0.25, -0.2) is 9.13 Å². The summed E-state index contributed by atoms with van der Waals surface area (Å²) in [5, 5.41) is 10.6. The summed E-state index contributed by atoms with van der Waals surface area (Å²) >= 11 is 0. The maximum atomic E-state index is 13.0. The van der Waals surface area contributed by atoms with E-state index in [-0.39, 0.29) is 25.7 Å². The number of aliphatic hydroxyl groups is 1. The lowest BCUT2D eigenvalue weighted by Crippen LogP contribution is -2.30. The molecule has 0 aromatic heterocycles. The van der Waals surface area contributed by atoms with Crippen LogP contribution in [0.1, 0.15) is 364 Å². The van der Waals surface area contributed by atoms with Crippen LogP contribution in [-0.2, 0) is 65.4 Å². The number of ether oxygens (including phenoxy) is 4. The summed E-state index contributed by atoms with van der Waals surface area (Å²) in [6.07, 6.45) is 45.8. The number of rotatable bonds is 70. The Hall–Kier alpha value is -1.94. The van der Waals surface area contributed by atoms with Gasteiger partial charge in [0.2, 0.25) is 0 Å². The minimum Gasteiger partial charge on any atom is -0.462 e. The minimum absolute atomic E-state index is 0.105. The average molecular weight is 1350 g/mol. The standard InChI is InChI=1S/C73H142O17P2/c1-9-64(6)50-42-34-26-20-16-14-12-13-15-17-22-28-39-47-55-72(77)89-68(59-83-70(75)53-45-37-30-24-25-33-41-49-63(4)5)61-87-91(79,80)85-57-67(74)58-86-92(81,82)88-62-69(60-84-71(76)54-46-38-32-31-36-44-52-66(8)11-3)90-73(78)56-48-40-29-23-19-18-21-27-35-43-51-65(7)10-2/h63-69,74H,9-62H2,1-8H3,(H,79,80)(H,81,82)/t64?,65?,66?,67?,68-,69-/m1/s1. The molecule has 92 heavy (non-hydrogen) atoms. The van der Waals surface area contributed by atoms with E-state index in [1.54, 1.807) is 0 Å². The van der Waals surface area contributed by atoms with Crippen LogP contribution in [0, 0.1) is 23.7 Å². The van der Waals surface area contributed by atoms with Gasteiger partial charge < -0.3 is 33.8 Å². The lowest BCUT2D eigenvalue weighted by Gasteiger charge is -2.21. The number of phosphoric acid groups is 2. The zero-order valence-electron chi connectivity index (χ0n) is 60.2. The molecule has 0 saturated carbocycles. The van der Waals surface area contributed by atoms with Gasteiger partial charge in [-0.05, 0) is 49.4 Å². The molecular formula is C73H142O17P2. The number of carbonyl (C=O) groups is 4. The van der Waals surface area contributed by atoms with Crippen molar-refractivity contribution in [3.8, 4) is 0 Å². The molecule has 0 aliphatic carbocycles. The van der Waals surface area contributed by atoms with Crippen molar-refractivity contribution in [2.75, 3.05) is 39.6 Å². The van der Waals surface area contributed by atoms with E-state index in [0.717, 1.165) is 120 Å². The molecule has 0 radical (unpaired) electrons. The van der Waals surface area contributed by atoms with Crippen molar-refractivity contribution in [2.24, 2.45) is 23.7 Å². The SMILES string of the molecule is CCC(C)CCCCCCCCCCCCCCCCC(=O)O[C@H](COC(=O)CCCCCCCCCC(C)C)COP(=O)(O)OCC(O)COP(=O)(O)OC[C@@H](COC(=O)CCCCCCCCC(C)CC)OC(=O)CCCCCCCCCCCCC(C)CC. The highest BCUT2D eigenvalue weighted by Crippen LogP contribution is 2.45. The molecule has 0 saturated heterocycles. The number of phosphoric ester groups is 2. The monoisotopic (exact) mass is 1350 g/mol. The van der Waals surface area contributed by atoms with Gasteiger partial charge in [0.1, 0.15) is 19.3 Å². The Balaban J connectivity index is 5.23. The number of esters is 4. The van der Waals surface area contributed by atoms with Crippen LogP contribution in [0.2, 0.25) is 0 Å². The van der Waals surface area contributed by atoms with Gasteiger partial charge in [-0.15, -0.1) is 0 Å². The number of aliphatic hydroxyl groups excluding tert-OH is 1. The van der Waals surface area contributed by atoms with Crippen molar-refractivity contribution in [3.63, 3.8) is 0 Å². The maximum Gasteiger partial charge on any atom is 0.472 e. The van der Waals surface area contributed by atoms with E-state index in [9.17, 15) is 43.2 Å². The fourth-order valence-electron chi connectivity index (χ4n) is 10.9. The predicted octanol–water partition coefficient (Wildman–Crippen LogP) is 20.9. The van der Waals surface area contributed by atoms with Crippen molar-refractivity contribution in [1.29, 1.82) is 0 Å². The van der Waals surface area contributed by atoms with Crippen molar-refractivity contribution < 1.29 is 80.2 Å². The van der Waals surface area contributed by atoms with Crippen LogP contribution in [0.4, 0.5) is 0 Å². The van der Waals surface area contributed by atoms with E-state index in [0.29, 0.717) is 31.6 Å². The lowest BCUT2D eigenvalue weighted by molar-refractivity contribution is -0.161. The Labute approximate surface area is 562 Å². The zero-order chi connectivity index (χ0) is 68.2. The van der Waals surface area contributed by atoms with Gasteiger partial charge in [0.15, 0.2) is 12.2 Å². The molecule has 17 nitrogen and oxygen atoms in total. The van der Waals surface area contributed by atoms with E-state index in [2.05, 4.69) is 55.4 Å². The Morgan fingerprint density at radius 2 is 0.522 bits per heavy atom. The molecule has 0 bridgehead atoms. The summed E-state index contributed by atoms with van der Waals surface area (Å²) < 4.78 is 68.4. The molecule has 8 atom stereocenters. The van der Waals surface area contributed by atoms with Gasteiger partial charge in [-0.1, -0.05) is 312 Å². The third-order valence-electron chi connectivity index (χ3n) is 17.9. The second-order valence-electron chi connectivity index (χ2n) is 27.5. The van der Waals surface area contributed by atoms with Gasteiger partial charge in [0, 0.05) is 25.7 Å². The smallest absolute Gasteiger partial charge is 0.462 e.